The lowest BCUT2D eigenvalue weighted by molar-refractivity contribution is -0.117. The Morgan fingerprint density at radius 2 is 1.48 bits per heavy atom. The average molecular weight is 451 g/mol. The molecule has 150 valence electrons. The van der Waals surface area contributed by atoms with Gasteiger partial charge in [0.2, 0.25) is 0 Å². The van der Waals surface area contributed by atoms with Crippen LogP contribution in [0.2, 0.25) is 10.0 Å². The van der Waals surface area contributed by atoms with Crippen LogP contribution in [0.25, 0.3) is 0 Å². The highest BCUT2D eigenvalue weighted by Crippen LogP contribution is 2.24. The lowest BCUT2D eigenvalue weighted by Gasteiger charge is -2.10. The van der Waals surface area contributed by atoms with Gasteiger partial charge < -0.3 is 0 Å². The van der Waals surface area contributed by atoms with E-state index in [1.54, 1.807) is 42.5 Å². The van der Waals surface area contributed by atoms with Crippen molar-refractivity contribution in [3.63, 3.8) is 0 Å². The van der Waals surface area contributed by atoms with E-state index in [9.17, 15) is 17.6 Å². The van der Waals surface area contributed by atoms with Gasteiger partial charge in [0.05, 0.1) is 20.7 Å². The summed E-state index contributed by atoms with van der Waals surface area (Å²) in [5.74, 6) is -0.846. The van der Waals surface area contributed by atoms with Crippen LogP contribution in [-0.2, 0) is 33.2 Å². The molecular weight excluding hydrogens is 434 g/mol. The molecule has 0 aliphatic carbocycles. The van der Waals surface area contributed by atoms with Crippen LogP contribution in [0.5, 0.6) is 0 Å². The normalized spacial score (nSPS) is 11.4. The van der Waals surface area contributed by atoms with E-state index in [0.29, 0.717) is 21.2 Å². The smallest absolute Gasteiger partial charge is 0.182 e. The number of halogens is 3. The van der Waals surface area contributed by atoms with Gasteiger partial charge in [0, 0.05) is 12.8 Å². The number of hydrogen-bond donors (Lipinski definition) is 0. The first kappa shape index (κ1) is 21.5. The molecule has 0 heterocycles. The predicted octanol–water partition coefficient (Wildman–Crippen LogP) is 5.46. The minimum Gasteiger partial charge on any atom is -0.299 e. The van der Waals surface area contributed by atoms with E-state index in [-0.39, 0.29) is 29.3 Å². The van der Waals surface area contributed by atoms with Crippen molar-refractivity contribution < 1.29 is 17.6 Å². The number of ketones is 1. The zero-order chi connectivity index (χ0) is 21.0. The number of sulfone groups is 1. The maximum absolute atomic E-state index is 13.1. The SMILES string of the molecule is O=C(Cc1ccc(Cl)c(Cl)c1)Cc1ccccc1CS(=O)(=O)c1ccc(F)cc1. The van der Waals surface area contributed by atoms with Crippen molar-refractivity contribution in [3.8, 4) is 0 Å². The Morgan fingerprint density at radius 1 is 0.828 bits per heavy atom. The van der Waals surface area contributed by atoms with Gasteiger partial charge in [-0.3, -0.25) is 4.79 Å². The fraction of sp³-hybridized carbons (Fsp3) is 0.136. The van der Waals surface area contributed by atoms with Crippen LogP contribution in [0.3, 0.4) is 0 Å². The highest BCUT2D eigenvalue weighted by Gasteiger charge is 2.18. The monoisotopic (exact) mass is 450 g/mol. The van der Waals surface area contributed by atoms with Crippen LogP contribution in [-0.4, -0.2) is 14.2 Å². The van der Waals surface area contributed by atoms with Crippen molar-refractivity contribution in [1.82, 2.24) is 0 Å². The van der Waals surface area contributed by atoms with Crippen LogP contribution in [0.4, 0.5) is 4.39 Å². The first-order valence-corrected chi connectivity index (χ1v) is 11.2. The summed E-state index contributed by atoms with van der Waals surface area (Å²) in [7, 11) is -3.67. The summed E-state index contributed by atoms with van der Waals surface area (Å²) in [5, 5.41) is 0.793. The number of carbonyl (C=O) groups is 1. The van der Waals surface area contributed by atoms with Crippen LogP contribution in [0.15, 0.2) is 71.6 Å². The van der Waals surface area contributed by atoms with E-state index < -0.39 is 15.7 Å². The van der Waals surface area contributed by atoms with Gasteiger partial charge in [-0.25, -0.2) is 12.8 Å². The molecule has 0 saturated carbocycles. The van der Waals surface area contributed by atoms with Gasteiger partial charge in [-0.05, 0) is 53.1 Å². The van der Waals surface area contributed by atoms with E-state index in [4.69, 9.17) is 23.2 Å². The van der Waals surface area contributed by atoms with E-state index >= 15 is 0 Å². The third kappa shape index (κ3) is 5.66. The molecule has 3 rings (SSSR count). The summed E-state index contributed by atoms with van der Waals surface area (Å²) in [5.41, 5.74) is 1.92. The standard InChI is InChI=1S/C22H17Cl2FO3S/c23-21-10-5-15(12-22(21)24)11-19(26)13-16-3-1-2-4-17(16)14-29(27,28)20-8-6-18(25)7-9-20/h1-10,12H,11,13-14H2. The quantitative estimate of drug-likeness (QED) is 0.449. The van der Waals surface area contributed by atoms with Crippen molar-refractivity contribution in [2.24, 2.45) is 0 Å². The summed E-state index contributed by atoms with van der Waals surface area (Å²) in [4.78, 5) is 12.6. The van der Waals surface area contributed by atoms with Gasteiger partial charge in [0.15, 0.2) is 9.84 Å². The molecule has 0 unspecified atom stereocenters. The van der Waals surface area contributed by atoms with E-state index in [1.807, 2.05) is 0 Å². The number of benzene rings is 3. The molecule has 0 atom stereocenters. The third-order valence-corrected chi connectivity index (χ3v) is 6.83. The summed E-state index contributed by atoms with van der Waals surface area (Å²) >= 11 is 11.9. The fourth-order valence-electron chi connectivity index (χ4n) is 2.95. The van der Waals surface area contributed by atoms with Crippen molar-refractivity contribution in [2.45, 2.75) is 23.5 Å². The molecule has 0 N–H and O–H groups in total. The molecule has 3 nitrogen and oxygen atoms in total. The van der Waals surface area contributed by atoms with Gasteiger partial charge in [0.1, 0.15) is 11.6 Å². The zero-order valence-electron chi connectivity index (χ0n) is 15.2. The van der Waals surface area contributed by atoms with Gasteiger partial charge >= 0.3 is 0 Å². The number of carbonyl (C=O) groups excluding carboxylic acids is 1. The van der Waals surface area contributed by atoms with Crippen LogP contribution in [0, 0.1) is 5.82 Å². The molecule has 0 aromatic heterocycles. The van der Waals surface area contributed by atoms with Crippen LogP contribution >= 0.6 is 23.2 Å². The maximum Gasteiger partial charge on any atom is 0.182 e. The largest absolute Gasteiger partial charge is 0.299 e. The van der Waals surface area contributed by atoms with Crippen molar-refractivity contribution in [2.75, 3.05) is 0 Å². The number of rotatable bonds is 7. The van der Waals surface area contributed by atoms with Gasteiger partial charge in [0.25, 0.3) is 0 Å². The molecule has 0 amide bonds. The van der Waals surface area contributed by atoms with Crippen LogP contribution in [0.1, 0.15) is 16.7 Å². The zero-order valence-corrected chi connectivity index (χ0v) is 17.6. The Morgan fingerprint density at radius 3 is 2.14 bits per heavy atom. The second kappa shape index (κ2) is 9.08. The molecule has 0 saturated heterocycles. The molecule has 7 heteroatoms. The second-order valence-corrected chi connectivity index (χ2v) is 9.43. The lowest BCUT2D eigenvalue weighted by atomic mass is 9.99. The van der Waals surface area contributed by atoms with Crippen LogP contribution < -0.4 is 0 Å². The molecule has 0 aliphatic heterocycles. The van der Waals surface area contributed by atoms with Crippen molar-refractivity contribution in [3.05, 3.63) is 99.3 Å². The Bertz CT molecular complexity index is 1140. The Labute approximate surface area is 179 Å². The molecular formula is C22H17Cl2FO3S. The molecule has 0 fully saturated rings. The van der Waals surface area contributed by atoms with Gasteiger partial charge in [-0.2, -0.15) is 0 Å². The Kier molecular flexibility index (Phi) is 6.73. The first-order chi connectivity index (χ1) is 13.7. The lowest BCUT2D eigenvalue weighted by Crippen LogP contribution is -2.11. The molecule has 0 aliphatic rings. The van der Waals surface area contributed by atoms with Gasteiger partial charge in [-0.1, -0.05) is 53.5 Å². The predicted molar refractivity (Wildman–Crippen MR) is 113 cm³/mol. The molecule has 0 spiro atoms. The highest BCUT2D eigenvalue weighted by molar-refractivity contribution is 7.90. The van der Waals surface area contributed by atoms with E-state index in [2.05, 4.69) is 0 Å². The van der Waals surface area contributed by atoms with E-state index in [0.717, 1.165) is 17.7 Å². The van der Waals surface area contributed by atoms with Gasteiger partial charge in [-0.15, -0.1) is 0 Å². The molecule has 0 radical (unpaired) electrons. The maximum atomic E-state index is 13.1. The summed E-state index contributed by atoms with van der Waals surface area (Å²) in [6, 6.07) is 16.6. The molecule has 0 bridgehead atoms. The average Bonchev–Trinajstić information content (AvgIpc) is 2.66. The topological polar surface area (TPSA) is 51.2 Å². The van der Waals surface area contributed by atoms with E-state index in [1.165, 1.54) is 12.1 Å². The minimum absolute atomic E-state index is 0.0378. The Balaban J connectivity index is 1.77. The second-order valence-electron chi connectivity index (χ2n) is 6.62. The fourth-order valence-corrected chi connectivity index (χ4v) is 4.68. The van der Waals surface area contributed by atoms with Crippen molar-refractivity contribution in [1.29, 1.82) is 0 Å². The Hall–Kier alpha value is -2.21. The summed E-state index contributed by atoms with van der Waals surface area (Å²) in [6.07, 6.45) is 0.255. The van der Waals surface area contributed by atoms with Crippen molar-refractivity contribution >= 4 is 38.8 Å². The molecule has 29 heavy (non-hydrogen) atoms. The third-order valence-electron chi connectivity index (χ3n) is 4.41. The first-order valence-electron chi connectivity index (χ1n) is 8.75. The minimum atomic E-state index is -3.67. The number of Topliss-reactive ketones (excluding diaryl/α,β-unsaturated/α-hetero) is 1. The summed E-state index contributed by atoms with van der Waals surface area (Å²) in [6.45, 7) is 0. The molecule has 3 aromatic rings. The highest BCUT2D eigenvalue weighted by atomic mass is 35.5. The molecule has 3 aromatic carbocycles. The summed E-state index contributed by atoms with van der Waals surface area (Å²) < 4.78 is 38.4. The number of hydrogen-bond acceptors (Lipinski definition) is 3.